The number of nitrogens with one attached hydrogen (secondary N) is 2. The number of rotatable bonds is 4. The van der Waals surface area contributed by atoms with Gasteiger partial charge in [0.15, 0.2) is 0 Å². The molecule has 0 aliphatic heterocycles. The summed E-state index contributed by atoms with van der Waals surface area (Å²) in [5, 5.41) is 3.46. The van der Waals surface area contributed by atoms with Crippen LogP contribution >= 0.6 is 0 Å². The summed E-state index contributed by atoms with van der Waals surface area (Å²) in [5.74, 6) is 1.78. The molecule has 0 spiro atoms. The van der Waals surface area contributed by atoms with Gasteiger partial charge in [0.25, 0.3) is 5.84 Å². The number of halogens is 1. The maximum absolute atomic E-state index is 5.22. The molecule has 128 valence electrons. The molecule has 0 heterocycles. The second-order valence-electron chi connectivity index (χ2n) is 5.59. The second-order valence-corrected chi connectivity index (χ2v) is 5.59. The molecule has 0 saturated heterocycles. The van der Waals surface area contributed by atoms with E-state index in [2.05, 4.69) is 53.6 Å². The Morgan fingerprint density at radius 1 is 0.840 bits per heavy atom. The fourth-order valence-corrected chi connectivity index (χ4v) is 2.38. The number of hydrogen-bond acceptors (Lipinski definition) is 1. The summed E-state index contributed by atoms with van der Waals surface area (Å²) >= 11 is 0. The fraction of sp³-hybridized carbons (Fsp3) is 0.0952. The molecule has 2 N–H and O–H groups in total. The lowest BCUT2D eigenvalue weighted by molar-refractivity contribution is -0.352. The molecule has 0 radical (unpaired) electrons. The van der Waals surface area contributed by atoms with E-state index in [9.17, 15) is 0 Å². The Morgan fingerprint density at radius 3 is 2.08 bits per heavy atom. The SMILES string of the molecule is COc1ccc(NC(=[NH+]c2ccc(C)cc2)c2ccccc2)cc1.[Cl-]. The molecule has 4 heteroatoms. The smallest absolute Gasteiger partial charge is 0.285 e. The van der Waals surface area contributed by atoms with Gasteiger partial charge in [0.05, 0.1) is 12.7 Å². The van der Waals surface area contributed by atoms with Crippen LogP contribution in [0.5, 0.6) is 5.75 Å². The molecular formula is C21H21ClN2O. The van der Waals surface area contributed by atoms with E-state index in [0.717, 1.165) is 28.5 Å². The largest absolute Gasteiger partial charge is 1.00 e. The third-order valence-electron chi connectivity index (χ3n) is 3.74. The van der Waals surface area contributed by atoms with Gasteiger partial charge in [-0.15, -0.1) is 0 Å². The van der Waals surface area contributed by atoms with Gasteiger partial charge >= 0.3 is 0 Å². The Bertz CT molecular complexity index is 813. The van der Waals surface area contributed by atoms with Crippen molar-refractivity contribution in [2.24, 2.45) is 0 Å². The van der Waals surface area contributed by atoms with Crippen LogP contribution < -0.4 is 27.5 Å². The molecule has 3 aromatic rings. The molecule has 0 atom stereocenters. The van der Waals surface area contributed by atoms with Gasteiger partial charge in [0.2, 0.25) is 0 Å². The zero-order valence-electron chi connectivity index (χ0n) is 14.3. The zero-order valence-corrected chi connectivity index (χ0v) is 15.0. The molecule has 0 fully saturated rings. The lowest BCUT2D eigenvalue weighted by Gasteiger charge is -2.05. The number of methoxy groups -OCH3 is 1. The van der Waals surface area contributed by atoms with Gasteiger partial charge < -0.3 is 17.1 Å². The van der Waals surface area contributed by atoms with Crippen LogP contribution in [-0.4, -0.2) is 12.9 Å². The predicted molar refractivity (Wildman–Crippen MR) is 99.0 cm³/mol. The average Bonchev–Trinajstić information content (AvgIpc) is 2.64. The maximum atomic E-state index is 5.22. The van der Waals surface area contributed by atoms with E-state index in [1.807, 2.05) is 42.5 Å². The normalized spacial score (nSPS) is 10.7. The average molecular weight is 353 g/mol. The predicted octanol–water partition coefficient (Wildman–Crippen LogP) is 0.279. The van der Waals surface area contributed by atoms with Gasteiger partial charge in [-0.25, -0.2) is 10.3 Å². The lowest BCUT2D eigenvalue weighted by Crippen LogP contribution is -3.00. The van der Waals surface area contributed by atoms with Crippen LogP contribution in [0.2, 0.25) is 0 Å². The molecule has 0 aliphatic carbocycles. The number of amidine groups is 1. The standard InChI is InChI=1S/C21H20N2O.ClH/c1-16-8-10-18(11-9-16)22-21(17-6-4-3-5-7-17)23-19-12-14-20(24-2)15-13-19;/h3-15H,1-2H3,(H,22,23);1H. The molecule has 0 aliphatic rings. The van der Waals surface area contributed by atoms with Crippen molar-refractivity contribution in [3.8, 4) is 5.75 Å². The number of hydrogen-bond donors (Lipinski definition) is 2. The maximum Gasteiger partial charge on any atom is 0.285 e. The highest BCUT2D eigenvalue weighted by molar-refractivity contribution is 6.04. The summed E-state index contributed by atoms with van der Waals surface area (Å²) in [6.45, 7) is 2.08. The molecule has 0 bridgehead atoms. The molecule has 0 saturated carbocycles. The van der Waals surface area contributed by atoms with Crippen LogP contribution in [-0.2, 0) is 0 Å². The minimum atomic E-state index is 0. The highest BCUT2D eigenvalue weighted by Crippen LogP contribution is 2.15. The molecule has 3 nitrogen and oxygen atoms in total. The molecule has 0 amide bonds. The molecular weight excluding hydrogens is 332 g/mol. The van der Waals surface area contributed by atoms with Gasteiger partial charge in [-0.3, -0.25) is 0 Å². The van der Waals surface area contributed by atoms with E-state index in [1.165, 1.54) is 5.56 Å². The van der Waals surface area contributed by atoms with Gasteiger partial charge in [-0.05, 0) is 55.5 Å². The summed E-state index contributed by atoms with van der Waals surface area (Å²) in [6.07, 6.45) is 0. The Labute approximate surface area is 154 Å². The van der Waals surface area contributed by atoms with Crippen molar-refractivity contribution in [1.82, 2.24) is 0 Å². The van der Waals surface area contributed by atoms with Crippen LogP contribution in [0.1, 0.15) is 11.1 Å². The van der Waals surface area contributed by atoms with Crippen molar-refractivity contribution in [3.05, 3.63) is 90.0 Å². The number of aryl methyl sites for hydroxylation is 1. The van der Waals surface area contributed by atoms with Crippen LogP contribution in [0.15, 0.2) is 78.9 Å². The molecule has 3 rings (SSSR count). The second kappa shape index (κ2) is 8.90. The van der Waals surface area contributed by atoms with Crippen molar-refractivity contribution in [2.75, 3.05) is 12.4 Å². The van der Waals surface area contributed by atoms with Gasteiger partial charge in [-0.1, -0.05) is 35.9 Å². The van der Waals surface area contributed by atoms with Crippen LogP contribution in [0.4, 0.5) is 11.4 Å². The van der Waals surface area contributed by atoms with Crippen LogP contribution in [0.25, 0.3) is 0 Å². The van der Waals surface area contributed by atoms with Crippen LogP contribution in [0.3, 0.4) is 0 Å². The molecule has 0 aromatic heterocycles. The van der Waals surface area contributed by atoms with E-state index in [0.29, 0.717) is 0 Å². The number of benzene rings is 3. The third kappa shape index (κ3) is 5.10. The van der Waals surface area contributed by atoms with Gasteiger partial charge in [0.1, 0.15) is 17.1 Å². The van der Waals surface area contributed by atoms with E-state index in [-0.39, 0.29) is 12.4 Å². The van der Waals surface area contributed by atoms with Crippen LogP contribution in [0, 0.1) is 6.92 Å². The number of anilines is 1. The van der Waals surface area contributed by atoms with Crippen molar-refractivity contribution in [3.63, 3.8) is 0 Å². The first-order valence-corrected chi connectivity index (χ1v) is 7.92. The summed E-state index contributed by atoms with van der Waals surface area (Å²) < 4.78 is 5.22. The van der Waals surface area contributed by atoms with Crippen molar-refractivity contribution >= 4 is 17.2 Å². The Kier molecular flexibility index (Phi) is 6.61. The van der Waals surface area contributed by atoms with Gasteiger partial charge in [0, 0.05) is 0 Å². The monoisotopic (exact) mass is 352 g/mol. The zero-order chi connectivity index (χ0) is 16.8. The first-order valence-electron chi connectivity index (χ1n) is 7.92. The van der Waals surface area contributed by atoms with E-state index in [1.54, 1.807) is 7.11 Å². The van der Waals surface area contributed by atoms with Crippen molar-refractivity contribution < 1.29 is 22.1 Å². The third-order valence-corrected chi connectivity index (χ3v) is 3.74. The topological polar surface area (TPSA) is 35.2 Å². The van der Waals surface area contributed by atoms with Crippen molar-refractivity contribution in [2.45, 2.75) is 6.92 Å². The highest BCUT2D eigenvalue weighted by atomic mass is 35.5. The minimum Gasteiger partial charge on any atom is -1.00 e. The first kappa shape index (κ1) is 18.6. The van der Waals surface area contributed by atoms with Gasteiger partial charge in [-0.2, -0.15) is 0 Å². The minimum absolute atomic E-state index is 0. The molecule has 25 heavy (non-hydrogen) atoms. The Morgan fingerprint density at radius 2 is 1.48 bits per heavy atom. The summed E-state index contributed by atoms with van der Waals surface area (Å²) in [6, 6.07) is 26.5. The molecule has 0 unspecified atom stereocenters. The summed E-state index contributed by atoms with van der Waals surface area (Å²) in [7, 11) is 1.67. The summed E-state index contributed by atoms with van der Waals surface area (Å²) in [5.41, 5.74) is 4.37. The van der Waals surface area contributed by atoms with E-state index >= 15 is 0 Å². The highest BCUT2D eigenvalue weighted by Gasteiger charge is 2.11. The van der Waals surface area contributed by atoms with E-state index < -0.39 is 0 Å². The van der Waals surface area contributed by atoms with E-state index in [4.69, 9.17) is 4.74 Å². The first-order chi connectivity index (χ1) is 11.7. The Hall–Kier alpha value is -2.78. The number of ether oxygens (including phenoxy) is 1. The summed E-state index contributed by atoms with van der Waals surface area (Å²) in [4.78, 5) is 3.47. The Balaban J connectivity index is 0.00000225. The quantitative estimate of drug-likeness (QED) is 0.522. The fourth-order valence-electron chi connectivity index (χ4n) is 2.38. The lowest BCUT2D eigenvalue weighted by atomic mass is 10.2. The molecule has 3 aromatic carbocycles. The van der Waals surface area contributed by atoms with Crippen molar-refractivity contribution in [1.29, 1.82) is 0 Å².